The number of aromatic nitrogens is 1. The highest BCUT2D eigenvalue weighted by atomic mass is 32.1. The standard InChI is InChI=1S/C15H25N3OS/c1-13-12-20-15(19)18(13)11-8-16-6-9-17(10-7-16)14-4-2-3-5-14/h12,14H,2-11H2,1H3. The van der Waals surface area contributed by atoms with E-state index in [1.165, 1.54) is 50.1 Å². The van der Waals surface area contributed by atoms with Gasteiger partial charge < -0.3 is 4.57 Å². The summed E-state index contributed by atoms with van der Waals surface area (Å²) in [5, 5.41) is 1.96. The number of thiazole rings is 1. The molecule has 2 fully saturated rings. The average molecular weight is 295 g/mol. The molecule has 1 aromatic rings. The number of aryl methyl sites for hydroxylation is 1. The minimum atomic E-state index is 0.187. The van der Waals surface area contributed by atoms with E-state index in [9.17, 15) is 4.79 Å². The van der Waals surface area contributed by atoms with Crippen LogP contribution >= 0.6 is 11.3 Å². The molecule has 0 atom stereocenters. The normalized spacial score (nSPS) is 22.6. The van der Waals surface area contributed by atoms with E-state index >= 15 is 0 Å². The van der Waals surface area contributed by atoms with E-state index in [4.69, 9.17) is 0 Å². The van der Waals surface area contributed by atoms with Gasteiger partial charge in [0.1, 0.15) is 0 Å². The van der Waals surface area contributed by atoms with E-state index in [1.807, 2.05) is 16.9 Å². The third-order valence-corrected chi connectivity index (χ3v) is 5.75. The summed E-state index contributed by atoms with van der Waals surface area (Å²) in [4.78, 5) is 17.1. The molecule has 1 aliphatic carbocycles. The summed E-state index contributed by atoms with van der Waals surface area (Å²) in [6.45, 7) is 8.62. The molecule has 4 nitrogen and oxygen atoms in total. The lowest BCUT2D eigenvalue weighted by atomic mass is 10.2. The molecular weight excluding hydrogens is 270 g/mol. The van der Waals surface area contributed by atoms with E-state index in [-0.39, 0.29) is 4.87 Å². The molecule has 2 aliphatic rings. The number of rotatable bonds is 4. The van der Waals surface area contributed by atoms with Crippen molar-refractivity contribution in [2.24, 2.45) is 0 Å². The molecule has 1 aliphatic heterocycles. The van der Waals surface area contributed by atoms with Crippen LogP contribution < -0.4 is 4.87 Å². The van der Waals surface area contributed by atoms with Crippen LogP contribution in [0.4, 0.5) is 0 Å². The molecule has 5 heteroatoms. The molecule has 0 N–H and O–H groups in total. The highest BCUT2D eigenvalue weighted by Gasteiger charge is 2.25. The van der Waals surface area contributed by atoms with Gasteiger partial charge in [0.2, 0.25) is 0 Å². The molecule has 0 radical (unpaired) electrons. The van der Waals surface area contributed by atoms with Crippen LogP contribution in [0.3, 0.4) is 0 Å². The van der Waals surface area contributed by atoms with Gasteiger partial charge in [-0.3, -0.25) is 14.6 Å². The van der Waals surface area contributed by atoms with Crippen molar-refractivity contribution < 1.29 is 0 Å². The first-order valence-electron chi connectivity index (χ1n) is 7.85. The lowest BCUT2D eigenvalue weighted by Crippen LogP contribution is -2.50. The Labute approximate surface area is 125 Å². The summed E-state index contributed by atoms with van der Waals surface area (Å²) in [5.41, 5.74) is 1.10. The van der Waals surface area contributed by atoms with E-state index in [1.54, 1.807) is 0 Å². The Morgan fingerprint density at radius 2 is 1.85 bits per heavy atom. The first-order valence-corrected chi connectivity index (χ1v) is 8.73. The predicted molar refractivity (Wildman–Crippen MR) is 83.6 cm³/mol. The number of hydrogen-bond donors (Lipinski definition) is 0. The van der Waals surface area contributed by atoms with E-state index < -0.39 is 0 Å². The monoisotopic (exact) mass is 295 g/mol. The summed E-state index contributed by atoms with van der Waals surface area (Å²) in [6.07, 6.45) is 5.66. The maximum Gasteiger partial charge on any atom is 0.307 e. The molecule has 0 bridgehead atoms. The van der Waals surface area contributed by atoms with Crippen molar-refractivity contribution in [2.45, 2.75) is 45.2 Å². The number of piperazine rings is 1. The van der Waals surface area contributed by atoms with Gasteiger partial charge in [0.25, 0.3) is 0 Å². The molecule has 2 heterocycles. The number of hydrogen-bond acceptors (Lipinski definition) is 4. The molecule has 1 saturated carbocycles. The van der Waals surface area contributed by atoms with Crippen LogP contribution in [0.2, 0.25) is 0 Å². The molecule has 0 unspecified atom stereocenters. The van der Waals surface area contributed by atoms with Crippen LogP contribution in [0.15, 0.2) is 10.2 Å². The lowest BCUT2D eigenvalue weighted by molar-refractivity contribution is 0.0955. The van der Waals surface area contributed by atoms with E-state index in [2.05, 4.69) is 9.80 Å². The fourth-order valence-corrected chi connectivity index (χ4v) is 4.30. The zero-order valence-electron chi connectivity index (χ0n) is 12.4. The van der Waals surface area contributed by atoms with Crippen molar-refractivity contribution in [3.05, 3.63) is 20.7 Å². The first-order chi connectivity index (χ1) is 9.74. The average Bonchev–Trinajstić information content (AvgIpc) is 3.09. The Hall–Kier alpha value is -0.650. The highest BCUT2D eigenvalue weighted by Crippen LogP contribution is 2.24. The minimum absolute atomic E-state index is 0.187. The lowest BCUT2D eigenvalue weighted by Gasteiger charge is -2.38. The van der Waals surface area contributed by atoms with Crippen molar-refractivity contribution >= 4 is 11.3 Å². The third kappa shape index (κ3) is 3.15. The molecule has 20 heavy (non-hydrogen) atoms. The zero-order valence-corrected chi connectivity index (χ0v) is 13.2. The van der Waals surface area contributed by atoms with Crippen molar-refractivity contribution in [1.82, 2.24) is 14.4 Å². The fourth-order valence-electron chi connectivity index (χ4n) is 3.54. The Kier molecular flexibility index (Phi) is 4.58. The molecule has 1 saturated heterocycles. The van der Waals surface area contributed by atoms with Gasteiger partial charge in [-0.15, -0.1) is 0 Å². The maximum absolute atomic E-state index is 11.7. The van der Waals surface area contributed by atoms with Crippen molar-refractivity contribution in [3.8, 4) is 0 Å². The van der Waals surface area contributed by atoms with Crippen LogP contribution in [0.5, 0.6) is 0 Å². The van der Waals surface area contributed by atoms with Gasteiger partial charge in [-0.2, -0.15) is 0 Å². The molecule has 1 aromatic heterocycles. The zero-order chi connectivity index (χ0) is 13.9. The number of nitrogens with zero attached hydrogens (tertiary/aromatic N) is 3. The summed E-state index contributed by atoms with van der Waals surface area (Å²) in [7, 11) is 0. The van der Waals surface area contributed by atoms with Crippen molar-refractivity contribution in [3.63, 3.8) is 0 Å². The maximum atomic E-state index is 11.7. The van der Waals surface area contributed by atoms with Gasteiger partial charge in [-0.1, -0.05) is 24.2 Å². The van der Waals surface area contributed by atoms with Gasteiger partial charge in [0, 0.05) is 56.4 Å². The summed E-state index contributed by atoms with van der Waals surface area (Å²) >= 11 is 1.32. The second-order valence-electron chi connectivity index (χ2n) is 6.11. The Balaban J connectivity index is 1.45. The second kappa shape index (κ2) is 6.41. The molecule has 0 amide bonds. The van der Waals surface area contributed by atoms with Crippen molar-refractivity contribution in [2.75, 3.05) is 32.7 Å². The van der Waals surface area contributed by atoms with E-state index in [0.29, 0.717) is 0 Å². The minimum Gasteiger partial charge on any atom is -0.302 e. The molecular formula is C15H25N3OS. The molecule has 0 aromatic carbocycles. The highest BCUT2D eigenvalue weighted by molar-refractivity contribution is 7.07. The summed E-state index contributed by atoms with van der Waals surface area (Å²) in [5.74, 6) is 0. The Morgan fingerprint density at radius 1 is 1.15 bits per heavy atom. The molecule has 0 spiro atoms. The smallest absolute Gasteiger partial charge is 0.302 e. The third-order valence-electron chi connectivity index (χ3n) is 4.86. The molecule has 112 valence electrons. The van der Waals surface area contributed by atoms with Crippen LogP contribution in [-0.4, -0.2) is 53.1 Å². The quantitative estimate of drug-likeness (QED) is 0.848. The Bertz CT molecular complexity index is 482. The van der Waals surface area contributed by atoms with Crippen LogP contribution in [0, 0.1) is 6.92 Å². The van der Waals surface area contributed by atoms with Crippen LogP contribution in [0.25, 0.3) is 0 Å². The Morgan fingerprint density at radius 3 is 2.45 bits per heavy atom. The van der Waals surface area contributed by atoms with E-state index in [0.717, 1.165) is 37.9 Å². The van der Waals surface area contributed by atoms with Crippen LogP contribution in [-0.2, 0) is 6.54 Å². The van der Waals surface area contributed by atoms with Gasteiger partial charge in [-0.05, 0) is 19.8 Å². The fraction of sp³-hybridized carbons (Fsp3) is 0.800. The largest absolute Gasteiger partial charge is 0.307 e. The van der Waals surface area contributed by atoms with Gasteiger partial charge >= 0.3 is 4.87 Å². The first kappa shape index (κ1) is 14.3. The summed E-state index contributed by atoms with van der Waals surface area (Å²) in [6, 6.07) is 0.860. The van der Waals surface area contributed by atoms with Gasteiger partial charge in [-0.25, -0.2) is 0 Å². The molecule has 3 rings (SSSR count). The van der Waals surface area contributed by atoms with Gasteiger partial charge in [0.05, 0.1) is 0 Å². The predicted octanol–water partition coefficient (Wildman–Crippen LogP) is 1.78. The summed E-state index contributed by atoms with van der Waals surface area (Å²) < 4.78 is 1.91. The SMILES string of the molecule is Cc1csc(=O)n1CCN1CCN(C2CCCC2)CC1. The second-order valence-corrected chi connectivity index (χ2v) is 6.93. The van der Waals surface area contributed by atoms with Crippen LogP contribution in [0.1, 0.15) is 31.4 Å². The topological polar surface area (TPSA) is 28.5 Å². The van der Waals surface area contributed by atoms with Gasteiger partial charge in [0.15, 0.2) is 0 Å². The van der Waals surface area contributed by atoms with Crippen molar-refractivity contribution in [1.29, 1.82) is 0 Å².